The third-order valence-electron chi connectivity index (χ3n) is 10.3. The van der Waals surface area contributed by atoms with Gasteiger partial charge >= 0.3 is 0 Å². The van der Waals surface area contributed by atoms with Crippen LogP contribution in [0.5, 0.6) is 0 Å². The van der Waals surface area contributed by atoms with Gasteiger partial charge in [0, 0.05) is 18.3 Å². The lowest BCUT2D eigenvalue weighted by atomic mass is 9.73. The van der Waals surface area contributed by atoms with Gasteiger partial charge in [0.2, 0.25) is 17.7 Å². The van der Waals surface area contributed by atoms with Gasteiger partial charge in [-0.2, -0.15) is 0 Å². The number of carbonyl (C=O) groups is 3. The topological polar surface area (TPSA) is 87.7 Å². The molecule has 3 aliphatic heterocycles. The second kappa shape index (κ2) is 11.0. The molecule has 2 N–H and O–H groups in total. The van der Waals surface area contributed by atoms with Crippen LogP contribution in [-0.2, 0) is 25.7 Å². The highest BCUT2D eigenvalue weighted by molar-refractivity contribution is 6.02. The molecule has 1 spiro atoms. The van der Waals surface area contributed by atoms with Gasteiger partial charge in [-0.15, -0.1) is 0 Å². The van der Waals surface area contributed by atoms with Gasteiger partial charge in [0.15, 0.2) is 0 Å². The lowest BCUT2D eigenvalue weighted by Gasteiger charge is -2.38. The van der Waals surface area contributed by atoms with Crippen molar-refractivity contribution in [1.29, 1.82) is 0 Å². The molecule has 4 aliphatic rings. The molecule has 2 aromatic carbocycles. The molecule has 0 radical (unpaired) electrons. The first-order valence-electron chi connectivity index (χ1n) is 15.5. The van der Waals surface area contributed by atoms with Crippen molar-refractivity contribution in [3.8, 4) is 0 Å². The predicted molar refractivity (Wildman–Crippen MR) is 163 cm³/mol. The highest BCUT2D eigenvalue weighted by Gasteiger charge is 2.72. The summed E-state index contributed by atoms with van der Waals surface area (Å²) < 4.78 is 6.54. The molecule has 42 heavy (non-hydrogen) atoms. The van der Waals surface area contributed by atoms with Crippen molar-refractivity contribution < 1.29 is 19.1 Å². The fourth-order valence-corrected chi connectivity index (χ4v) is 7.55. The number of nitrogens with one attached hydrogen (secondary N) is 2. The number of benzene rings is 2. The van der Waals surface area contributed by atoms with Gasteiger partial charge in [-0.1, -0.05) is 94.7 Å². The smallest absolute Gasteiger partial charge is 0.246 e. The van der Waals surface area contributed by atoms with Crippen LogP contribution in [0.3, 0.4) is 0 Å². The van der Waals surface area contributed by atoms with Crippen molar-refractivity contribution in [2.45, 2.75) is 90.1 Å². The number of fused-ring (bicyclic) bond motifs is 1. The number of aryl methyl sites for hydroxylation is 1. The molecule has 6 rings (SSSR count). The van der Waals surface area contributed by atoms with Crippen LogP contribution < -0.4 is 10.6 Å². The lowest BCUT2D eigenvalue weighted by molar-refractivity contribution is -0.142. The summed E-state index contributed by atoms with van der Waals surface area (Å²) >= 11 is 0. The molecule has 2 aromatic rings. The van der Waals surface area contributed by atoms with Crippen LogP contribution in [0.4, 0.5) is 5.69 Å². The molecule has 0 aromatic heterocycles. The van der Waals surface area contributed by atoms with Crippen LogP contribution in [0.15, 0.2) is 60.7 Å². The summed E-state index contributed by atoms with van der Waals surface area (Å²) in [5.41, 5.74) is 2.75. The normalized spacial score (nSPS) is 33.2. The molecule has 3 heterocycles. The number of rotatable bonds is 7. The first-order chi connectivity index (χ1) is 20.1. The van der Waals surface area contributed by atoms with Crippen LogP contribution in [0.1, 0.15) is 69.6 Å². The molecule has 8 atom stereocenters. The van der Waals surface area contributed by atoms with Crippen molar-refractivity contribution in [2.75, 3.05) is 5.32 Å². The Hall–Kier alpha value is -3.45. The molecule has 2 bridgehead atoms. The Bertz CT molecular complexity index is 1380. The lowest BCUT2D eigenvalue weighted by Crippen LogP contribution is -2.57. The maximum atomic E-state index is 14.3. The minimum atomic E-state index is -1.18. The van der Waals surface area contributed by atoms with E-state index in [-0.39, 0.29) is 30.3 Å². The quantitative estimate of drug-likeness (QED) is 0.440. The number of ether oxygens (including phenoxy) is 1. The Morgan fingerprint density at radius 1 is 1.02 bits per heavy atom. The van der Waals surface area contributed by atoms with Crippen LogP contribution in [0.25, 0.3) is 0 Å². The third-order valence-corrected chi connectivity index (χ3v) is 10.3. The second-order valence-electron chi connectivity index (χ2n) is 13.3. The molecule has 7 heteroatoms. The summed E-state index contributed by atoms with van der Waals surface area (Å²) in [5.74, 6) is -0.904. The molecule has 3 fully saturated rings. The van der Waals surface area contributed by atoms with Gasteiger partial charge in [-0.05, 0) is 54.4 Å². The van der Waals surface area contributed by atoms with Crippen molar-refractivity contribution in [3.63, 3.8) is 0 Å². The van der Waals surface area contributed by atoms with Gasteiger partial charge in [-0.25, -0.2) is 0 Å². The fourth-order valence-electron chi connectivity index (χ4n) is 7.55. The number of hydrogen-bond donors (Lipinski definition) is 2. The number of carbonyl (C=O) groups excluding carboxylic acids is 3. The molecule has 1 saturated carbocycles. The first kappa shape index (κ1) is 28.7. The van der Waals surface area contributed by atoms with E-state index in [4.69, 9.17) is 4.74 Å². The van der Waals surface area contributed by atoms with E-state index in [2.05, 4.69) is 38.3 Å². The molecular weight excluding hydrogens is 526 g/mol. The maximum Gasteiger partial charge on any atom is 0.246 e. The Labute approximate surface area is 249 Å². The van der Waals surface area contributed by atoms with Gasteiger partial charge in [0.25, 0.3) is 0 Å². The number of anilines is 1. The van der Waals surface area contributed by atoms with E-state index in [9.17, 15) is 14.4 Å². The summed E-state index contributed by atoms with van der Waals surface area (Å²) in [6, 6.07) is 15.0. The van der Waals surface area contributed by atoms with Crippen LogP contribution in [0, 0.1) is 30.6 Å². The second-order valence-corrected chi connectivity index (χ2v) is 13.3. The number of amides is 3. The van der Waals surface area contributed by atoms with E-state index in [1.165, 1.54) is 5.56 Å². The average molecular weight is 570 g/mol. The minimum absolute atomic E-state index is 0.0449. The molecule has 8 unspecified atom stereocenters. The number of nitrogens with zero attached hydrogens (tertiary/aromatic N) is 1. The Morgan fingerprint density at radius 3 is 2.43 bits per heavy atom. The number of likely N-dealkylation sites (tertiary alicyclic amines) is 1. The molecular formula is C35H43N3O4. The van der Waals surface area contributed by atoms with Gasteiger partial charge < -0.3 is 20.3 Å². The summed E-state index contributed by atoms with van der Waals surface area (Å²) in [6.45, 7) is 11.0. The third kappa shape index (κ3) is 4.85. The SMILES string of the molecule is Cc1ccc(CN2C(=O)C3C(C(=O)Nc4ccc(C(C)C)cc4)C4C=CC3(O4)C2C(=O)NC2CCCC(C)C2C)cc1. The number of hydrogen-bond acceptors (Lipinski definition) is 4. The highest BCUT2D eigenvalue weighted by atomic mass is 16.5. The Morgan fingerprint density at radius 2 is 1.74 bits per heavy atom. The zero-order valence-electron chi connectivity index (χ0n) is 25.3. The van der Waals surface area contributed by atoms with Crippen molar-refractivity contribution in [1.82, 2.24) is 10.2 Å². The van der Waals surface area contributed by atoms with Crippen LogP contribution >= 0.6 is 0 Å². The van der Waals surface area contributed by atoms with Crippen LogP contribution in [-0.4, -0.2) is 46.4 Å². The zero-order valence-corrected chi connectivity index (χ0v) is 25.3. The minimum Gasteiger partial charge on any atom is -0.359 e. The molecule has 2 saturated heterocycles. The van der Waals surface area contributed by atoms with Crippen LogP contribution in [0.2, 0.25) is 0 Å². The molecule has 1 aliphatic carbocycles. The summed E-state index contributed by atoms with van der Waals surface area (Å²) in [7, 11) is 0. The van der Waals surface area contributed by atoms with E-state index in [1.54, 1.807) is 4.90 Å². The van der Waals surface area contributed by atoms with Crippen molar-refractivity contribution in [2.24, 2.45) is 23.7 Å². The zero-order chi connectivity index (χ0) is 29.8. The Kier molecular flexibility index (Phi) is 7.50. The average Bonchev–Trinajstić information content (AvgIpc) is 3.60. The highest BCUT2D eigenvalue weighted by Crippen LogP contribution is 2.55. The van der Waals surface area contributed by atoms with Gasteiger partial charge in [0.05, 0.1) is 17.9 Å². The fraction of sp³-hybridized carbons (Fsp3) is 0.514. The standard InChI is InChI=1S/C35H43N3O4/c1-20(2)25-13-15-26(16-14-25)36-32(39)29-28-17-18-35(42-28)30(29)34(41)38(19-24-11-9-21(3)10-12-24)31(35)33(40)37-27-8-6-7-22(4)23(27)5/h9-18,20,22-23,27-31H,6-8,19H2,1-5H3,(H,36,39)(H,37,40). The monoisotopic (exact) mass is 569 g/mol. The largest absolute Gasteiger partial charge is 0.359 e. The van der Waals surface area contributed by atoms with E-state index in [0.29, 0.717) is 23.4 Å². The van der Waals surface area contributed by atoms with Gasteiger partial charge in [0.1, 0.15) is 11.6 Å². The van der Waals surface area contributed by atoms with Crippen molar-refractivity contribution >= 4 is 23.4 Å². The maximum absolute atomic E-state index is 14.3. The van der Waals surface area contributed by atoms with E-state index in [1.807, 2.05) is 67.6 Å². The molecule has 7 nitrogen and oxygen atoms in total. The summed E-state index contributed by atoms with van der Waals surface area (Å²) in [5, 5.41) is 6.36. The summed E-state index contributed by atoms with van der Waals surface area (Å²) in [6.07, 6.45) is 6.35. The van der Waals surface area contributed by atoms with E-state index in [0.717, 1.165) is 30.4 Å². The first-order valence-corrected chi connectivity index (χ1v) is 15.5. The van der Waals surface area contributed by atoms with E-state index >= 15 is 0 Å². The molecule has 3 amide bonds. The van der Waals surface area contributed by atoms with E-state index < -0.39 is 29.6 Å². The predicted octanol–water partition coefficient (Wildman–Crippen LogP) is 5.35. The molecule has 222 valence electrons. The van der Waals surface area contributed by atoms with Crippen molar-refractivity contribution in [3.05, 3.63) is 77.4 Å². The summed E-state index contributed by atoms with van der Waals surface area (Å²) in [4.78, 5) is 44.0. The Balaban J connectivity index is 1.30. The van der Waals surface area contributed by atoms with Gasteiger partial charge in [-0.3, -0.25) is 14.4 Å².